The van der Waals surface area contributed by atoms with Gasteiger partial charge >= 0.3 is 0 Å². The average molecular weight is 438 g/mol. The molecule has 4 aromatic rings. The number of rotatable bonds is 4. The molecule has 34 heavy (non-hydrogen) atoms. The Labute approximate surface area is 198 Å². The average Bonchev–Trinajstić information content (AvgIpc) is 2.91. The van der Waals surface area contributed by atoms with Crippen LogP contribution in [0.25, 0.3) is 11.1 Å². The molecule has 0 saturated heterocycles. The highest BCUT2D eigenvalue weighted by Crippen LogP contribution is 2.33. The van der Waals surface area contributed by atoms with E-state index in [1.54, 1.807) is 6.07 Å². The molecular weight excluding hydrogens is 420 g/mol. The quantitative estimate of drug-likeness (QED) is 0.308. The van der Waals surface area contributed by atoms with Crippen molar-refractivity contribution in [3.63, 3.8) is 0 Å². The highest BCUT2D eigenvalue weighted by atomic mass is 16.1. The van der Waals surface area contributed by atoms with E-state index in [0.717, 1.165) is 11.1 Å². The fraction of sp³-hybridized carbons (Fsp3) is 0. The lowest BCUT2D eigenvalue weighted by Gasteiger charge is -2.14. The molecule has 0 fully saturated rings. The molecule has 0 bridgehead atoms. The van der Waals surface area contributed by atoms with Gasteiger partial charge in [-0.05, 0) is 42.0 Å². The van der Waals surface area contributed by atoms with E-state index < -0.39 is 0 Å². The van der Waals surface area contributed by atoms with Crippen LogP contribution in [0.4, 0.5) is 0 Å². The van der Waals surface area contributed by atoms with Crippen LogP contribution in [0.15, 0.2) is 91.0 Å². The first kappa shape index (κ1) is 22.2. The Kier molecular flexibility index (Phi) is 6.89. The summed E-state index contributed by atoms with van der Waals surface area (Å²) in [5.41, 5.74) is 4.18. The number of hydrogen-bond donors (Lipinski definition) is 0. The van der Waals surface area contributed by atoms with Crippen molar-refractivity contribution in [2.45, 2.75) is 0 Å². The fourth-order valence-electron chi connectivity index (χ4n) is 3.61. The molecule has 0 aliphatic rings. The Morgan fingerprint density at radius 1 is 0.500 bits per heavy atom. The van der Waals surface area contributed by atoms with Crippen LogP contribution >= 0.6 is 0 Å². The van der Waals surface area contributed by atoms with Crippen molar-refractivity contribution >= 4 is 18.9 Å². The van der Waals surface area contributed by atoms with E-state index in [0.29, 0.717) is 41.1 Å². The van der Waals surface area contributed by atoms with Gasteiger partial charge in [-0.15, -0.1) is 0 Å². The van der Waals surface area contributed by atoms with Gasteiger partial charge in [0.1, 0.15) is 0 Å². The molecule has 0 spiro atoms. The molecule has 0 amide bonds. The van der Waals surface area contributed by atoms with Gasteiger partial charge in [0, 0.05) is 44.5 Å². The maximum atomic E-state index is 12.2. The Bertz CT molecular complexity index is 1490. The Hall–Kier alpha value is -4.99. The molecular formula is C31H18O3. The first-order chi connectivity index (χ1) is 16.7. The van der Waals surface area contributed by atoms with Gasteiger partial charge in [-0.3, -0.25) is 14.4 Å². The fourth-order valence-corrected chi connectivity index (χ4v) is 3.61. The molecule has 0 aliphatic heterocycles. The zero-order chi connectivity index (χ0) is 23.8. The molecule has 4 rings (SSSR count). The van der Waals surface area contributed by atoms with E-state index in [1.165, 1.54) is 0 Å². The summed E-state index contributed by atoms with van der Waals surface area (Å²) in [5.74, 6) is 12.5. The van der Waals surface area contributed by atoms with Crippen molar-refractivity contribution in [3.8, 4) is 34.8 Å². The molecule has 0 radical (unpaired) electrons. The van der Waals surface area contributed by atoms with E-state index >= 15 is 0 Å². The zero-order valence-corrected chi connectivity index (χ0v) is 18.1. The highest BCUT2D eigenvalue weighted by molar-refractivity contribution is 6.05. The minimum atomic E-state index is 0.0380. The van der Waals surface area contributed by atoms with Crippen molar-refractivity contribution < 1.29 is 14.4 Å². The van der Waals surface area contributed by atoms with Crippen molar-refractivity contribution in [2.24, 2.45) is 0 Å². The van der Waals surface area contributed by atoms with Gasteiger partial charge < -0.3 is 0 Å². The summed E-state index contributed by atoms with van der Waals surface area (Å²) in [6.45, 7) is 0. The second-order valence-electron chi connectivity index (χ2n) is 7.35. The standard InChI is InChI=1S/C31H18O3/c32-20-27-19-26(18-16-24-11-5-2-6-12-24)31(30(22-34)29(27)21-33)28-14-8-7-13-25(28)17-15-23-9-3-1-4-10-23/h1-14,19-22H. The summed E-state index contributed by atoms with van der Waals surface area (Å²) in [6, 6.07) is 27.9. The minimum absolute atomic E-state index is 0.0380. The topological polar surface area (TPSA) is 51.2 Å². The predicted octanol–water partition coefficient (Wildman–Crippen LogP) is 5.59. The van der Waals surface area contributed by atoms with Crippen LogP contribution < -0.4 is 0 Å². The number of aldehydes is 3. The Morgan fingerprint density at radius 2 is 1.03 bits per heavy atom. The number of carbonyl (C=O) groups is 3. The van der Waals surface area contributed by atoms with E-state index in [-0.39, 0.29) is 16.7 Å². The lowest BCUT2D eigenvalue weighted by molar-refractivity contribution is 0.108. The minimum Gasteiger partial charge on any atom is -0.298 e. The summed E-state index contributed by atoms with van der Waals surface area (Å²) in [4.78, 5) is 35.8. The van der Waals surface area contributed by atoms with Crippen molar-refractivity contribution in [2.75, 3.05) is 0 Å². The second kappa shape index (κ2) is 10.6. The molecule has 3 nitrogen and oxygen atoms in total. The maximum Gasteiger partial charge on any atom is 0.151 e. The summed E-state index contributed by atoms with van der Waals surface area (Å²) in [7, 11) is 0. The second-order valence-corrected chi connectivity index (χ2v) is 7.35. The molecule has 0 heterocycles. The van der Waals surface area contributed by atoms with Gasteiger partial charge in [0.05, 0.1) is 0 Å². The molecule has 0 saturated carbocycles. The molecule has 0 N–H and O–H groups in total. The van der Waals surface area contributed by atoms with Crippen LogP contribution in [0.2, 0.25) is 0 Å². The summed E-state index contributed by atoms with van der Waals surface area (Å²) < 4.78 is 0. The highest BCUT2D eigenvalue weighted by Gasteiger charge is 2.19. The number of hydrogen-bond acceptors (Lipinski definition) is 3. The third-order valence-electron chi connectivity index (χ3n) is 5.23. The van der Waals surface area contributed by atoms with E-state index in [4.69, 9.17) is 0 Å². The van der Waals surface area contributed by atoms with Gasteiger partial charge in [-0.25, -0.2) is 0 Å². The van der Waals surface area contributed by atoms with Crippen molar-refractivity contribution in [3.05, 3.63) is 130 Å². The van der Waals surface area contributed by atoms with Crippen LogP contribution in [0.3, 0.4) is 0 Å². The molecule has 3 heteroatoms. The van der Waals surface area contributed by atoms with Crippen LogP contribution in [0, 0.1) is 23.7 Å². The molecule has 0 atom stereocenters. The van der Waals surface area contributed by atoms with Crippen LogP contribution in [0.1, 0.15) is 53.3 Å². The predicted molar refractivity (Wildman–Crippen MR) is 133 cm³/mol. The summed E-state index contributed by atoms with van der Waals surface area (Å²) in [5, 5.41) is 0. The lowest BCUT2D eigenvalue weighted by atomic mass is 9.87. The first-order valence-electron chi connectivity index (χ1n) is 10.5. The van der Waals surface area contributed by atoms with E-state index in [9.17, 15) is 14.4 Å². The summed E-state index contributed by atoms with van der Waals surface area (Å²) >= 11 is 0. The normalized spacial score (nSPS) is 9.65. The van der Waals surface area contributed by atoms with Crippen molar-refractivity contribution in [1.82, 2.24) is 0 Å². The molecule has 160 valence electrons. The Balaban J connectivity index is 1.99. The zero-order valence-electron chi connectivity index (χ0n) is 18.1. The van der Waals surface area contributed by atoms with Gasteiger partial charge in [0.2, 0.25) is 0 Å². The number of carbonyl (C=O) groups excluding carboxylic acids is 3. The third kappa shape index (κ3) is 4.75. The third-order valence-corrected chi connectivity index (χ3v) is 5.23. The molecule has 4 aromatic carbocycles. The van der Waals surface area contributed by atoms with E-state index in [2.05, 4.69) is 23.7 Å². The van der Waals surface area contributed by atoms with Crippen LogP contribution in [0.5, 0.6) is 0 Å². The van der Waals surface area contributed by atoms with Crippen molar-refractivity contribution in [1.29, 1.82) is 0 Å². The smallest absolute Gasteiger partial charge is 0.151 e. The van der Waals surface area contributed by atoms with Crippen LogP contribution in [-0.2, 0) is 0 Å². The SMILES string of the molecule is O=Cc1cc(C#Cc2ccccc2)c(-c2ccccc2C#Cc2ccccc2)c(C=O)c1C=O. The van der Waals surface area contributed by atoms with Gasteiger partial charge in [0.25, 0.3) is 0 Å². The first-order valence-corrected chi connectivity index (χ1v) is 10.5. The van der Waals surface area contributed by atoms with Gasteiger partial charge in [0.15, 0.2) is 18.9 Å². The number of benzene rings is 4. The molecule has 0 unspecified atom stereocenters. The van der Waals surface area contributed by atoms with E-state index in [1.807, 2.05) is 84.9 Å². The maximum absolute atomic E-state index is 12.2. The monoisotopic (exact) mass is 438 g/mol. The lowest BCUT2D eigenvalue weighted by Crippen LogP contribution is -2.04. The van der Waals surface area contributed by atoms with Gasteiger partial charge in [-0.2, -0.15) is 0 Å². The Morgan fingerprint density at radius 3 is 1.59 bits per heavy atom. The van der Waals surface area contributed by atoms with Gasteiger partial charge in [-0.1, -0.05) is 78.3 Å². The van der Waals surface area contributed by atoms with Crippen LogP contribution in [-0.4, -0.2) is 18.9 Å². The summed E-state index contributed by atoms with van der Waals surface area (Å²) in [6.07, 6.45) is 1.69. The largest absolute Gasteiger partial charge is 0.298 e. The molecule has 0 aromatic heterocycles. The molecule has 0 aliphatic carbocycles.